The van der Waals surface area contributed by atoms with Gasteiger partial charge in [0.05, 0.1) is 11.1 Å². The minimum atomic E-state index is -4.66. The molecule has 8 heteroatoms. The van der Waals surface area contributed by atoms with Crippen molar-refractivity contribution in [1.29, 1.82) is 0 Å². The molecule has 2 atom stereocenters. The number of ether oxygens (including phenoxy) is 1. The van der Waals surface area contributed by atoms with Crippen molar-refractivity contribution in [2.45, 2.75) is 50.6 Å². The molecule has 2 aromatic rings. The smallest absolute Gasteiger partial charge is 0.416 e. The Balaban J connectivity index is 1.44. The first kappa shape index (κ1) is 21.3. The maximum absolute atomic E-state index is 14.2. The van der Waals surface area contributed by atoms with Gasteiger partial charge >= 0.3 is 12.3 Å². The largest absolute Gasteiger partial charge is 0.445 e. The summed E-state index contributed by atoms with van der Waals surface area (Å²) >= 11 is 0. The molecule has 2 fully saturated rings. The van der Waals surface area contributed by atoms with E-state index in [9.17, 15) is 27.2 Å². The second-order valence-corrected chi connectivity index (χ2v) is 8.06. The lowest BCUT2D eigenvalue weighted by atomic mass is 9.84. The summed E-state index contributed by atoms with van der Waals surface area (Å²) in [6, 6.07) is 10.6. The molecule has 0 aliphatic carbocycles. The van der Waals surface area contributed by atoms with Crippen LogP contribution in [0.15, 0.2) is 48.5 Å². The summed E-state index contributed by atoms with van der Waals surface area (Å²) in [5.41, 5.74) is -0.741. The average Bonchev–Trinajstić information content (AvgIpc) is 3.01. The fourth-order valence-corrected chi connectivity index (χ4v) is 4.59. The third kappa shape index (κ3) is 4.43. The zero-order valence-electron chi connectivity index (χ0n) is 16.6. The number of carbonyl (C=O) groups is 2. The molecule has 0 spiro atoms. The van der Waals surface area contributed by atoms with Gasteiger partial charge in [0.1, 0.15) is 12.4 Å². The number of amides is 1. The zero-order valence-corrected chi connectivity index (χ0v) is 16.6. The molecule has 2 heterocycles. The Labute approximate surface area is 176 Å². The van der Waals surface area contributed by atoms with Crippen LogP contribution in [0.1, 0.15) is 47.2 Å². The summed E-state index contributed by atoms with van der Waals surface area (Å²) in [5.74, 6) is -2.23. The van der Waals surface area contributed by atoms with E-state index in [4.69, 9.17) is 4.74 Å². The first-order chi connectivity index (χ1) is 14.7. The van der Waals surface area contributed by atoms with E-state index in [1.165, 1.54) is 0 Å². The summed E-state index contributed by atoms with van der Waals surface area (Å²) in [7, 11) is 0. The minimum Gasteiger partial charge on any atom is -0.445 e. The molecule has 164 valence electrons. The van der Waals surface area contributed by atoms with E-state index in [2.05, 4.69) is 0 Å². The minimum absolute atomic E-state index is 0.132. The van der Waals surface area contributed by atoms with Crippen molar-refractivity contribution < 1.29 is 31.9 Å². The number of halogens is 4. The highest BCUT2D eigenvalue weighted by Crippen LogP contribution is 2.41. The van der Waals surface area contributed by atoms with Gasteiger partial charge in [-0.05, 0) is 49.4 Å². The number of hydrogen-bond acceptors (Lipinski definition) is 3. The van der Waals surface area contributed by atoms with E-state index < -0.39 is 40.9 Å². The average molecular weight is 435 g/mol. The Kier molecular flexibility index (Phi) is 5.73. The molecule has 2 bridgehead atoms. The van der Waals surface area contributed by atoms with E-state index in [0.717, 1.165) is 5.56 Å². The number of nitrogens with zero attached hydrogens (tertiary/aromatic N) is 1. The van der Waals surface area contributed by atoms with E-state index in [1.54, 1.807) is 4.90 Å². The number of benzene rings is 2. The summed E-state index contributed by atoms with van der Waals surface area (Å²) in [4.78, 5) is 27.1. The van der Waals surface area contributed by atoms with Gasteiger partial charge in [-0.3, -0.25) is 4.79 Å². The van der Waals surface area contributed by atoms with Gasteiger partial charge in [-0.15, -0.1) is 0 Å². The molecule has 0 N–H and O–H groups in total. The van der Waals surface area contributed by atoms with Crippen molar-refractivity contribution >= 4 is 11.9 Å². The molecule has 2 unspecified atom stereocenters. The van der Waals surface area contributed by atoms with E-state index in [1.807, 2.05) is 30.3 Å². The van der Waals surface area contributed by atoms with Crippen molar-refractivity contribution in [1.82, 2.24) is 4.90 Å². The number of piperidine rings is 1. The molecule has 2 aliphatic rings. The van der Waals surface area contributed by atoms with Gasteiger partial charge in [-0.1, -0.05) is 30.3 Å². The highest BCUT2D eigenvalue weighted by Gasteiger charge is 2.46. The topological polar surface area (TPSA) is 46.6 Å². The standard InChI is InChI=1S/C23H21F4NO3/c24-20-9-6-16(23(25,26)27)12-19(20)21(29)15-10-17-7-8-18(11-15)28(17)22(30)31-13-14-4-2-1-3-5-14/h1-6,9,12,15,17-18H,7-8,10-11,13H2. The number of fused-ring (bicyclic) bond motifs is 2. The quantitative estimate of drug-likeness (QED) is 0.464. The number of carbonyl (C=O) groups excluding carboxylic acids is 2. The van der Waals surface area contributed by atoms with Crippen LogP contribution in [0.4, 0.5) is 22.4 Å². The van der Waals surface area contributed by atoms with Gasteiger partial charge in [-0.25, -0.2) is 9.18 Å². The highest BCUT2D eigenvalue weighted by molar-refractivity contribution is 5.98. The van der Waals surface area contributed by atoms with Crippen LogP contribution >= 0.6 is 0 Å². The van der Waals surface area contributed by atoms with Crippen molar-refractivity contribution in [2.75, 3.05) is 0 Å². The van der Waals surface area contributed by atoms with Gasteiger partial charge in [0.25, 0.3) is 0 Å². The molecule has 1 amide bonds. The zero-order chi connectivity index (χ0) is 22.2. The van der Waals surface area contributed by atoms with Crippen LogP contribution in [-0.2, 0) is 17.5 Å². The monoisotopic (exact) mass is 435 g/mol. The Morgan fingerprint density at radius 2 is 1.65 bits per heavy atom. The van der Waals surface area contributed by atoms with Gasteiger partial charge in [0, 0.05) is 18.0 Å². The molecular weight excluding hydrogens is 414 g/mol. The van der Waals surface area contributed by atoms with Crippen LogP contribution in [0.3, 0.4) is 0 Å². The van der Waals surface area contributed by atoms with E-state index >= 15 is 0 Å². The number of ketones is 1. The van der Waals surface area contributed by atoms with Crippen LogP contribution in [0, 0.1) is 11.7 Å². The maximum Gasteiger partial charge on any atom is 0.416 e. The second kappa shape index (κ2) is 8.32. The molecule has 2 aromatic carbocycles. The normalized spacial score (nSPS) is 23.0. The van der Waals surface area contributed by atoms with Crippen molar-refractivity contribution in [3.8, 4) is 0 Å². The number of Topliss-reactive ketones (excluding diaryl/α,β-unsaturated/α-hetero) is 1. The highest BCUT2D eigenvalue weighted by atomic mass is 19.4. The lowest BCUT2D eigenvalue weighted by molar-refractivity contribution is -0.137. The van der Waals surface area contributed by atoms with Crippen LogP contribution in [0.25, 0.3) is 0 Å². The molecule has 2 aliphatic heterocycles. The Morgan fingerprint density at radius 3 is 2.26 bits per heavy atom. The molecule has 0 aromatic heterocycles. The lowest BCUT2D eigenvalue weighted by Crippen LogP contribution is -2.48. The predicted molar refractivity (Wildman–Crippen MR) is 104 cm³/mol. The Bertz CT molecular complexity index is 963. The van der Waals surface area contributed by atoms with Crippen LogP contribution in [0.5, 0.6) is 0 Å². The Morgan fingerprint density at radius 1 is 1.00 bits per heavy atom. The molecule has 2 saturated heterocycles. The second-order valence-electron chi connectivity index (χ2n) is 8.06. The van der Waals surface area contributed by atoms with Gasteiger partial charge in [0.15, 0.2) is 5.78 Å². The third-order valence-electron chi connectivity index (χ3n) is 6.08. The van der Waals surface area contributed by atoms with Crippen molar-refractivity contribution in [3.05, 3.63) is 71.0 Å². The number of rotatable bonds is 4. The molecule has 31 heavy (non-hydrogen) atoms. The van der Waals surface area contributed by atoms with Gasteiger partial charge in [-0.2, -0.15) is 13.2 Å². The first-order valence-electron chi connectivity index (χ1n) is 10.1. The lowest BCUT2D eigenvalue weighted by Gasteiger charge is -2.37. The molecule has 4 rings (SSSR count). The molecule has 0 radical (unpaired) electrons. The van der Waals surface area contributed by atoms with Gasteiger partial charge in [0.2, 0.25) is 0 Å². The third-order valence-corrected chi connectivity index (χ3v) is 6.08. The molecule has 0 saturated carbocycles. The van der Waals surface area contributed by atoms with E-state index in [0.29, 0.717) is 31.0 Å². The number of hydrogen-bond donors (Lipinski definition) is 0. The SMILES string of the molecule is O=C(c1cc(C(F)(F)F)ccc1F)C1CC2CCC(C1)N2C(=O)OCc1ccccc1. The summed E-state index contributed by atoms with van der Waals surface area (Å²) < 4.78 is 58.5. The summed E-state index contributed by atoms with van der Waals surface area (Å²) in [6.07, 6.45) is -3.20. The molecule has 4 nitrogen and oxygen atoms in total. The maximum atomic E-state index is 14.2. The van der Waals surface area contributed by atoms with Crippen LogP contribution in [-0.4, -0.2) is 28.9 Å². The van der Waals surface area contributed by atoms with E-state index in [-0.39, 0.29) is 31.5 Å². The molecular formula is C23H21F4NO3. The Hall–Kier alpha value is -2.90. The van der Waals surface area contributed by atoms with Crippen molar-refractivity contribution in [2.24, 2.45) is 5.92 Å². The van der Waals surface area contributed by atoms with Crippen LogP contribution in [0.2, 0.25) is 0 Å². The first-order valence-corrected chi connectivity index (χ1v) is 10.1. The number of alkyl halides is 3. The van der Waals surface area contributed by atoms with Gasteiger partial charge < -0.3 is 9.64 Å². The van der Waals surface area contributed by atoms with Crippen LogP contribution < -0.4 is 0 Å². The fourth-order valence-electron chi connectivity index (χ4n) is 4.59. The fraction of sp³-hybridized carbons (Fsp3) is 0.391. The van der Waals surface area contributed by atoms with Crippen molar-refractivity contribution in [3.63, 3.8) is 0 Å². The summed E-state index contributed by atoms with van der Waals surface area (Å²) in [6.45, 7) is 0.132. The predicted octanol–water partition coefficient (Wildman–Crippen LogP) is 5.61. The summed E-state index contributed by atoms with van der Waals surface area (Å²) in [5, 5.41) is 0.